The summed E-state index contributed by atoms with van der Waals surface area (Å²) in [7, 11) is 1.82. The van der Waals surface area contributed by atoms with Gasteiger partial charge in [0.25, 0.3) is 5.91 Å². The summed E-state index contributed by atoms with van der Waals surface area (Å²) in [5, 5.41) is 8.05. The fraction of sp³-hybridized carbons (Fsp3) is 0.727. The van der Waals surface area contributed by atoms with Crippen molar-refractivity contribution in [2.24, 2.45) is 7.05 Å². The molecule has 0 saturated carbocycles. The van der Waals surface area contributed by atoms with E-state index in [-0.39, 0.29) is 17.9 Å². The number of aryl methyl sites for hydroxylation is 2. The van der Waals surface area contributed by atoms with Gasteiger partial charge in [0.05, 0.1) is 23.4 Å². The minimum atomic E-state index is -0.197. The summed E-state index contributed by atoms with van der Waals surface area (Å²) in [4.78, 5) is 17.1. The predicted octanol–water partition coefficient (Wildman–Crippen LogP) is 0.691. The smallest absolute Gasteiger partial charge is 0.252 e. The lowest BCUT2D eigenvalue weighted by molar-refractivity contribution is -0.139. The standard InChI is InChI=1S/C11H18N4O2/c1-7(2)17-13-11(16)8-5-4-6-9-10(8)15(3)14-12-9/h7-8H,4-6H2,1-3H3,(H,13,16). The van der Waals surface area contributed by atoms with Gasteiger partial charge in [-0.3, -0.25) is 14.3 Å². The van der Waals surface area contributed by atoms with Crippen molar-refractivity contribution >= 4 is 5.91 Å². The van der Waals surface area contributed by atoms with Crippen molar-refractivity contribution in [3.63, 3.8) is 0 Å². The SMILES string of the molecule is CC(C)ONC(=O)C1CCCc2nnn(C)c21. The van der Waals surface area contributed by atoms with Crippen molar-refractivity contribution in [2.45, 2.75) is 45.1 Å². The number of amides is 1. The van der Waals surface area contributed by atoms with Crippen LogP contribution in [0, 0.1) is 0 Å². The fourth-order valence-electron chi connectivity index (χ4n) is 2.12. The lowest BCUT2D eigenvalue weighted by atomic mass is 9.89. The van der Waals surface area contributed by atoms with Gasteiger partial charge in [-0.1, -0.05) is 5.21 Å². The molecule has 1 aromatic rings. The maximum absolute atomic E-state index is 12.0. The third-order valence-electron chi connectivity index (χ3n) is 2.89. The van der Waals surface area contributed by atoms with Crippen LogP contribution < -0.4 is 5.48 Å². The summed E-state index contributed by atoms with van der Waals surface area (Å²) in [6, 6.07) is 0. The van der Waals surface area contributed by atoms with Crippen LogP contribution in [0.5, 0.6) is 0 Å². The van der Waals surface area contributed by atoms with E-state index in [2.05, 4.69) is 15.8 Å². The summed E-state index contributed by atoms with van der Waals surface area (Å²) in [5.74, 6) is -0.303. The van der Waals surface area contributed by atoms with E-state index in [9.17, 15) is 4.79 Å². The zero-order valence-electron chi connectivity index (χ0n) is 10.4. The van der Waals surface area contributed by atoms with Gasteiger partial charge in [-0.15, -0.1) is 5.10 Å². The van der Waals surface area contributed by atoms with Crippen LogP contribution in [0.2, 0.25) is 0 Å². The number of hydrogen-bond acceptors (Lipinski definition) is 4. The van der Waals surface area contributed by atoms with Crippen LogP contribution in [-0.2, 0) is 23.1 Å². The second-order valence-corrected chi connectivity index (χ2v) is 4.62. The number of hydroxylamine groups is 1. The van der Waals surface area contributed by atoms with Gasteiger partial charge in [-0.2, -0.15) is 0 Å². The molecule has 1 atom stereocenters. The molecule has 0 saturated heterocycles. The highest BCUT2D eigenvalue weighted by Gasteiger charge is 2.31. The van der Waals surface area contributed by atoms with Gasteiger partial charge in [0, 0.05) is 7.05 Å². The van der Waals surface area contributed by atoms with E-state index < -0.39 is 0 Å². The van der Waals surface area contributed by atoms with Gasteiger partial charge in [0.2, 0.25) is 0 Å². The molecule has 0 bridgehead atoms. The molecule has 94 valence electrons. The Morgan fingerprint density at radius 3 is 3.06 bits per heavy atom. The monoisotopic (exact) mass is 238 g/mol. The van der Waals surface area contributed by atoms with E-state index in [4.69, 9.17) is 4.84 Å². The number of nitrogens with zero attached hydrogens (tertiary/aromatic N) is 3. The summed E-state index contributed by atoms with van der Waals surface area (Å²) in [6.07, 6.45) is 2.66. The molecule has 1 unspecified atom stereocenters. The van der Waals surface area contributed by atoms with Crippen LogP contribution in [0.25, 0.3) is 0 Å². The molecule has 1 aliphatic rings. The number of aromatic nitrogens is 3. The molecule has 0 spiro atoms. The topological polar surface area (TPSA) is 69.0 Å². The highest BCUT2D eigenvalue weighted by atomic mass is 16.7. The van der Waals surface area contributed by atoms with Crippen LogP contribution in [-0.4, -0.2) is 27.0 Å². The van der Waals surface area contributed by atoms with E-state index in [1.165, 1.54) is 0 Å². The summed E-state index contributed by atoms with van der Waals surface area (Å²) in [6.45, 7) is 3.75. The number of fused-ring (bicyclic) bond motifs is 1. The molecule has 0 fully saturated rings. The Kier molecular flexibility index (Phi) is 3.42. The average molecular weight is 238 g/mol. The third-order valence-corrected chi connectivity index (χ3v) is 2.89. The minimum Gasteiger partial charge on any atom is -0.272 e. The van der Waals surface area contributed by atoms with Crippen molar-refractivity contribution in [3.8, 4) is 0 Å². The second-order valence-electron chi connectivity index (χ2n) is 4.62. The number of carbonyl (C=O) groups excluding carboxylic acids is 1. The number of nitrogens with one attached hydrogen (secondary N) is 1. The van der Waals surface area contributed by atoms with Gasteiger partial charge in [-0.05, 0) is 33.1 Å². The van der Waals surface area contributed by atoms with E-state index in [1.54, 1.807) is 4.68 Å². The Labute approximate surface area is 100 Å². The van der Waals surface area contributed by atoms with E-state index >= 15 is 0 Å². The van der Waals surface area contributed by atoms with E-state index in [1.807, 2.05) is 20.9 Å². The summed E-state index contributed by atoms with van der Waals surface area (Å²) >= 11 is 0. The average Bonchev–Trinajstić information content (AvgIpc) is 2.68. The van der Waals surface area contributed by atoms with Gasteiger partial charge in [-0.25, -0.2) is 5.48 Å². The van der Waals surface area contributed by atoms with Gasteiger partial charge >= 0.3 is 0 Å². The minimum absolute atomic E-state index is 0.0216. The molecule has 6 heteroatoms. The number of hydrogen-bond donors (Lipinski definition) is 1. The summed E-state index contributed by atoms with van der Waals surface area (Å²) in [5.41, 5.74) is 4.35. The Balaban J connectivity index is 2.12. The third kappa shape index (κ3) is 2.46. The van der Waals surface area contributed by atoms with Crippen molar-refractivity contribution in [1.29, 1.82) is 0 Å². The lowest BCUT2D eigenvalue weighted by Crippen LogP contribution is -2.34. The Hall–Kier alpha value is -1.43. The Morgan fingerprint density at radius 2 is 2.35 bits per heavy atom. The molecule has 1 aromatic heterocycles. The lowest BCUT2D eigenvalue weighted by Gasteiger charge is -2.21. The maximum atomic E-state index is 12.0. The van der Waals surface area contributed by atoms with Gasteiger partial charge in [0.15, 0.2) is 0 Å². The second kappa shape index (κ2) is 4.83. The van der Waals surface area contributed by atoms with Crippen molar-refractivity contribution < 1.29 is 9.63 Å². The van der Waals surface area contributed by atoms with Crippen molar-refractivity contribution in [3.05, 3.63) is 11.4 Å². The molecule has 1 N–H and O–H groups in total. The first-order valence-electron chi connectivity index (χ1n) is 5.93. The molecule has 1 heterocycles. The number of rotatable bonds is 3. The molecule has 2 rings (SSSR count). The van der Waals surface area contributed by atoms with Crippen molar-refractivity contribution in [1.82, 2.24) is 20.5 Å². The quantitative estimate of drug-likeness (QED) is 0.787. The fourth-order valence-corrected chi connectivity index (χ4v) is 2.12. The summed E-state index contributed by atoms with van der Waals surface area (Å²) < 4.78 is 1.69. The predicted molar refractivity (Wildman–Crippen MR) is 61.0 cm³/mol. The highest BCUT2D eigenvalue weighted by Crippen LogP contribution is 2.29. The first-order valence-corrected chi connectivity index (χ1v) is 5.93. The molecule has 1 amide bonds. The first kappa shape index (κ1) is 12.0. The van der Waals surface area contributed by atoms with Gasteiger partial charge in [0.1, 0.15) is 0 Å². The zero-order chi connectivity index (χ0) is 12.4. The Morgan fingerprint density at radius 1 is 1.59 bits per heavy atom. The van der Waals surface area contributed by atoms with Gasteiger partial charge < -0.3 is 0 Å². The normalized spacial score (nSPS) is 19.2. The van der Waals surface area contributed by atoms with Crippen LogP contribution in [0.4, 0.5) is 0 Å². The molecule has 0 radical (unpaired) electrons. The zero-order valence-corrected chi connectivity index (χ0v) is 10.4. The first-order chi connectivity index (χ1) is 8.09. The maximum Gasteiger partial charge on any atom is 0.252 e. The molecule has 17 heavy (non-hydrogen) atoms. The molecule has 0 aliphatic heterocycles. The molecular weight excluding hydrogens is 220 g/mol. The molecule has 6 nitrogen and oxygen atoms in total. The number of carbonyl (C=O) groups is 1. The largest absolute Gasteiger partial charge is 0.272 e. The van der Waals surface area contributed by atoms with E-state index in [0.29, 0.717) is 0 Å². The highest BCUT2D eigenvalue weighted by molar-refractivity contribution is 5.82. The molecular formula is C11H18N4O2. The molecule has 0 aromatic carbocycles. The van der Waals surface area contributed by atoms with Crippen LogP contribution in [0.1, 0.15) is 44.0 Å². The van der Waals surface area contributed by atoms with E-state index in [0.717, 1.165) is 30.7 Å². The van der Waals surface area contributed by atoms with Crippen LogP contribution >= 0.6 is 0 Å². The Bertz CT molecular complexity index is 414. The van der Waals surface area contributed by atoms with Crippen molar-refractivity contribution in [2.75, 3.05) is 0 Å². The molecule has 1 aliphatic carbocycles. The van der Waals surface area contributed by atoms with Crippen LogP contribution in [0.3, 0.4) is 0 Å². The van der Waals surface area contributed by atoms with Crippen LogP contribution in [0.15, 0.2) is 0 Å².